The highest BCUT2D eigenvalue weighted by Gasteiger charge is 2.12. The molecule has 0 unspecified atom stereocenters. The lowest BCUT2D eigenvalue weighted by Crippen LogP contribution is -2.43. The number of hydrogen-bond acceptors (Lipinski definition) is 4. The minimum absolute atomic E-state index is 0. The molecule has 1 saturated heterocycles. The van der Waals surface area contributed by atoms with Gasteiger partial charge in [-0.1, -0.05) is 0 Å². The molecule has 1 fully saturated rings. The molecule has 0 spiro atoms. The van der Waals surface area contributed by atoms with E-state index in [2.05, 4.69) is 15.2 Å². The zero-order chi connectivity index (χ0) is 10.7. The molecule has 2 heterocycles. The van der Waals surface area contributed by atoms with Crippen molar-refractivity contribution in [3.05, 3.63) is 23.5 Å². The second-order valence-electron chi connectivity index (χ2n) is 3.94. The maximum absolute atomic E-state index is 9.66. The number of rotatable bonds is 2. The summed E-state index contributed by atoms with van der Waals surface area (Å²) < 4.78 is 0. The van der Waals surface area contributed by atoms with Gasteiger partial charge in [-0.3, -0.25) is 9.88 Å². The first-order chi connectivity index (χ1) is 7.25. The molecular formula is C11H20Cl3N3O. The molecular weight excluding hydrogens is 296 g/mol. The van der Waals surface area contributed by atoms with Gasteiger partial charge in [-0.15, -0.1) is 37.2 Å². The van der Waals surface area contributed by atoms with E-state index < -0.39 is 0 Å². The molecule has 2 N–H and O–H groups in total. The topological polar surface area (TPSA) is 48.4 Å². The van der Waals surface area contributed by atoms with Crippen molar-refractivity contribution in [1.82, 2.24) is 15.2 Å². The van der Waals surface area contributed by atoms with Crippen molar-refractivity contribution in [2.24, 2.45) is 0 Å². The van der Waals surface area contributed by atoms with Crippen LogP contribution in [0.25, 0.3) is 0 Å². The third-order valence-corrected chi connectivity index (χ3v) is 2.67. The van der Waals surface area contributed by atoms with Gasteiger partial charge in [-0.05, 0) is 19.1 Å². The van der Waals surface area contributed by atoms with Crippen molar-refractivity contribution < 1.29 is 5.11 Å². The quantitative estimate of drug-likeness (QED) is 0.873. The largest absolute Gasteiger partial charge is 0.506 e. The summed E-state index contributed by atoms with van der Waals surface area (Å²) in [7, 11) is 0. The standard InChI is InChI=1S/C11H17N3O.3ClH/c1-9-2-3-11(15)10(13-9)8-14-6-4-12-5-7-14;;;/h2-3,12,15H,4-8H2,1H3;3*1H. The molecule has 0 atom stereocenters. The van der Waals surface area contributed by atoms with Gasteiger partial charge in [-0.25, -0.2) is 0 Å². The first-order valence-electron chi connectivity index (χ1n) is 5.34. The van der Waals surface area contributed by atoms with Crippen LogP contribution in [-0.2, 0) is 6.54 Å². The maximum atomic E-state index is 9.66. The molecule has 0 aliphatic carbocycles. The molecule has 0 bridgehead atoms. The molecule has 0 aromatic carbocycles. The normalized spacial score (nSPS) is 14.9. The minimum atomic E-state index is 0. The summed E-state index contributed by atoms with van der Waals surface area (Å²) in [5.41, 5.74) is 1.75. The lowest BCUT2D eigenvalue weighted by atomic mass is 10.2. The molecule has 4 nitrogen and oxygen atoms in total. The lowest BCUT2D eigenvalue weighted by Gasteiger charge is -2.26. The Morgan fingerprint density at radius 2 is 1.83 bits per heavy atom. The van der Waals surface area contributed by atoms with E-state index in [4.69, 9.17) is 0 Å². The molecule has 0 radical (unpaired) electrons. The fraction of sp³-hybridized carbons (Fsp3) is 0.545. The summed E-state index contributed by atoms with van der Waals surface area (Å²) in [6.07, 6.45) is 0. The van der Waals surface area contributed by atoms with Crippen LogP contribution in [0.1, 0.15) is 11.4 Å². The zero-order valence-corrected chi connectivity index (χ0v) is 12.7. The maximum Gasteiger partial charge on any atom is 0.138 e. The van der Waals surface area contributed by atoms with Gasteiger partial charge in [0.05, 0.1) is 5.69 Å². The summed E-state index contributed by atoms with van der Waals surface area (Å²) in [6, 6.07) is 3.55. The number of aryl methyl sites for hydroxylation is 1. The molecule has 18 heavy (non-hydrogen) atoms. The molecule has 1 aromatic heterocycles. The van der Waals surface area contributed by atoms with E-state index in [1.165, 1.54) is 0 Å². The summed E-state index contributed by atoms with van der Waals surface area (Å²) in [5, 5.41) is 13.0. The molecule has 106 valence electrons. The van der Waals surface area contributed by atoms with Crippen molar-refractivity contribution in [2.75, 3.05) is 26.2 Å². The second kappa shape index (κ2) is 9.64. The third-order valence-electron chi connectivity index (χ3n) is 2.67. The van der Waals surface area contributed by atoms with Gasteiger partial charge in [0.2, 0.25) is 0 Å². The Balaban J connectivity index is 0. The summed E-state index contributed by atoms with van der Waals surface area (Å²) >= 11 is 0. The Hall–Kier alpha value is -0.260. The molecule has 0 amide bonds. The Morgan fingerprint density at radius 3 is 2.44 bits per heavy atom. The Morgan fingerprint density at radius 1 is 1.22 bits per heavy atom. The molecule has 7 heteroatoms. The van der Waals surface area contributed by atoms with Crippen LogP contribution in [0.5, 0.6) is 5.75 Å². The number of nitrogens with one attached hydrogen (secondary N) is 1. The van der Waals surface area contributed by atoms with Crippen molar-refractivity contribution >= 4 is 37.2 Å². The van der Waals surface area contributed by atoms with Crippen LogP contribution in [0, 0.1) is 6.92 Å². The lowest BCUT2D eigenvalue weighted by molar-refractivity contribution is 0.227. The van der Waals surface area contributed by atoms with Gasteiger partial charge in [-0.2, -0.15) is 0 Å². The van der Waals surface area contributed by atoms with Gasteiger partial charge in [0.1, 0.15) is 5.75 Å². The summed E-state index contributed by atoms with van der Waals surface area (Å²) in [6.45, 7) is 6.78. The smallest absolute Gasteiger partial charge is 0.138 e. The Bertz CT molecular complexity index is 346. The van der Waals surface area contributed by atoms with Crippen molar-refractivity contribution in [2.45, 2.75) is 13.5 Å². The van der Waals surface area contributed by atoms with Gasteiger partial charge in [0, 0.05) is 38.4 Å². The van der Waals surface area contributed by atoms with Crippen molar-refractivity contribution in [3.8, 4) is 5.75 Å². The van der Waals surface area contributed by atoms with E-state index in [-0.39, 0.29) is 37.2 Å². The van der Waals surface area contributed by atoms with E-state index in [0.29, 0.717) is 5.75 Å². The Labute approximate surface area is 126 Å². The number of hydrogen-bond donors (Lipinski definition) is 2. The summed E-state index contributed by atoms with van der Waals surface area (Å²) in [4.78, 5) is 6.66. The van der Waals surface area contributed by atoms with E-state index in [1.807, 2.05) is 13.0 Å². The highest BCUT2D eigenvalue weighted by molar-refractivity contribution is 5.86. The zero-order valence-electron chi connectivity index (χ0n) is 10.3. The van der Waals surface area contributed by atoms with E-state index in [1.54, 1.807) is 6.07 Å². The van der Waals surface area contributed by atoms with E-state index in [0.717, 1.165) is 44.1 Å². The third kappa shape index (κ3) is 5.59. The highest BCUT2D eigenvalue weighted by Crippen LogP contribution is 2.16. The van der Waals surface area contributed by atoms with Crippen LogP contribution in [0.3, 0.4) is 0 Å². The monoisotopic (exact) mass is 315 g/mol. The molecule has 1 aromatic rings. The average Bonchev–Trinajstić information content (AvgIpc) is 2.25. The molecule has 0 saturated carbocycles. The van der Waals surface area contributed by atoms with Crippen LogP contribution in [0.4, 0.5) is 0 Å². The van der Waals surface area contributed by atoms with Crippen LogP contribution < -0.4 is 5.32 Å². The summed E-state index contributed by atoms with van der Waals surface area (Å²) in [5.74, 6) is 0.305. The predicted molar refractivity (Wildman–Crippen MR) is 80.5 cm³/mol. The number of nitrogens with zero attached hydrogens (tertiary/aromatic N) is 2. The number of piperazine rings is 1. The Kier molecular flexibility index (Phi) is 10.7. The fourth-order valence-electron chi connectivity index (χ4n) is 1.80. The first-order valence-corrected chi connectivity index (χ1v) is 5.34. The van der Waals surface area contributed by atoms with Crippen molar-refractivity contribution in [3.63, 3.8) is 0 Å². The van der Waals surface area contributed by atoms with E-state index in [9.17, 15) is 5.11 Å². The van der Waals surface area contributed by atoms with Gasteiger partial charge in [0.15, 0.2) is 0 Å². The number of aromatic hydroxyl groups is 1. The van der Waals surface area contributed by atoms with Crippen LogP contribution in [-0.4, -0.2) is 41.2 Å². The fourth-order valence-corrected chi connectivity index (χ4v) is 1.80. The van der Waals surface area contributed by atoms with Crippen LogP contribution in [0.2, 0.25) is 0 Å². The number of halogens is 3. The minimum Gasteiger partial charge on any atom is -0.506 e. The van der Waals surface area contributed by atoms with Gasteiger partial charge >= 0.3 is 0 Å². The number of pyridine rings is 1. The van der Waals surface area contributed by atoms with Crippen LogP contribution in [0.15, 0.2) is 12.1 Å². The number of aromatic nitrogens is 1. The van der Waals surface area contributed by atoms with Gasteiger partial charge in [0.25, 0.3) is 0 Å². The molecule has 1 aliphatic rings. The average molecular weight is 317 g/mol. The van der Waals surface area contributed by atoms with Crippen LogP contribution >= 0.6 is 37.2 Å². The highest BCUT2D eigenvalue weighted by atomic mass is 35.5. The predicted octanol–water partition coefficient (Wildman–Crippen LogP) is 1.77. The van der Waals surface area contributed by atoms with E-state index >= 15 is 0 Å². The SMILES string of the molecule is Cc1ccc(O)c(CN2CCNCC2)n1.Cl.Cl.Cl. The van der Waals surface area contributed by atoms with Gasteiger partial charge < -0.3 is 10.4 Å². The molecule has 1 aliphatic heterocycles. The first kappa shape index (κ1) is 20.1. The van der Waals surface area contributed by atoms with Crippen molar-refractivity contribution in [1.29, 1.82) is 0 Å². The second-order valence-corrected chi connectivity index (χ2v) is 3.94. The molecule has 2 rings (SSSR count).